The molecule has 0 bridgehead atoms. The molecule has 3 heteroatoms. The van der Waals surface area contributed by atoms with Crippen LogP contribution in [0, 0.1) is 0 Å². The number of hydrogen-bond donors (Lipinski definition) is 2. The summed E-state index contributed by atoms with van der Waals surface area (Å²) in [5.74, 6) is 0. The molecule has 3 N–H and O–H groups in total. The summed E-state index contributed by atoms with van der Waals surface area (Å²) >= 11 is 0. The number of rotatable bonds is 2. The molecule has 0 unspecified atom stereocenters. The molecule has 0 aliphatic carbocycles. The Morgan fingerprint density at radius 1 is 1.50 bits per heavy atom. The van der Waals surface area contributed by atoms with Crippen LogP contribution < -0.4 is 5.73 Å². The van der Waals surface area contributed by atoms with Gasteiger partial charge in [0.25, 0.3) is 0 Å². The van der Waals surface area contributed by atoms with E-state index in [0.717, 1.165) is 19.3 Å². The predicted molar refractivity (Wildman–Crippen MR) is 38.7 cm³/mol. The second-order valence-electron chi connectivity index (χ2n) is 2.81. The number of nitrogens with two attached hydrogens (primary N) is 1. The summed E-state index contributed by atoms with van der Waals surface area (Å²) in [6.07, 6.45) is 3.05. The van der Waals surface area contributed by atoms with Crippen LogP contribution >= 0.6 is 0 Å². The van der Waals surface area contributed by atoms with E-state index in [4.69, 9.17) is 15.6 Å². The monoisotopic (exact) mass is 145 g/mol. The first-order valence-corrected chi connectivity index (χ1v) is 3.81. The van der Waals surface area contributed by atoms with Crippen molar-refractivity contribution in [1.82, 2.24) is 0 Å². The molecule has 0 aromatic rings. The Hall–Kier alpha value is -0.120. The molecule has 0 radical (unpaired) electrons. The van der Waals surface area contributed by atoms with Crippen molar-refractivity contribution in [2.45, 2.75) is 31.4 Å². The highest BCUT2D eigenvalue weighted by atomic mass is 16.5. The molecule has 0 aromatic carbocycles. The maximum atomic E-state index is 8.57. The van der Waals surface area contributed by atoms with Gasteiger partial charge in [-0.25, -0.2) is 0 Å². The Morgan fingerprint density at radius 3 is 2.80 bits per heavy atom. The zero-order chi connectivity index (χ0) is 7.40. The lowest BCUT2D eigenvalue weighted by atomic mass is 10.0. The quantitative estimate of drug-likeness (QED) is 0.569. The lowest BCUT2D eigenvalue weighted by Crippen LogP contribution is -2.35. The minimum absolute atomic E-state index is 0.218. The zero-order valence-corrected chi connectivity index (χ0v) is 6.12. The van der Waals surface area contributed by atoms with Gasteiger partial charge in [0.2, 0.25) is 0 Å². The molecule has 10 heavy (non-hydrogen) atoms. The number of ether oxygens (including phenoxy) is 1. The fourth-order valence-electron chi connectivity index (χ4n) is 1.20. The van der Waals surface area contributed by atoms with Crippen LogP contribution in [0.2, 0.25) is 0 Å². The third-order valence-corrected chi connectivity index (χ3v) is 1.86. The molecule has 1 fully saturated rings. The van der Waals surface area contributed by atoms with Crippen LogP contribution in [0.4, 0.5) is 0 Å². The molecule has 1 aliphatic heterocycles. The molecule has 0 spiro atoms. The third-order valence-electron chi connectivity index (χ3n) is 1.86. The van der Waals surface area contributed by atoms with Crippen molar-refractivity contribution in [2.24, 2.45) is 5.73 Å². The van der Waals surface area contributed by atoms with E-state index in [1.54, 1.807) is 0 Å². The smallest absolute Gasteiger partial charge is 0.0621 e. The summed E-state index contributed by atoms with van der Waals surface area (Å²) in [4.78, 5) is 0. The van der Waals surface area contributed by atoms with Crippen molar-refractivity contribution in [1.29, 1.82) is 0 Å². The van der Waals surface area contributed by atoms with Gasteiger partial charge in [-0.2, -0.15) is 0 Å². The van der Waals surface area contributed by atoms with Gasteiger partial charge in [-0.1, -0.05) is 0 Å². The standard InChI is InChI=1S/C7H15NO2/c8-6-1-2-7(3-4-9)10-5-6/h6-7,9H,1-5,8H2/t6-,7+/m1/s1. The van der Waals surface area contributed by atoms with Gasteiger partial charge in [-0.3, -0.25) is 0 Å². The van der Waals surface area contributed by atoms with Crippen molar-refractivity contribution in [3.63, 3.8) is 0 Å². The summed E-state index contributed by atoms with van der Waals surface area (Å²) in [6.45, 7) is 0.880. The lowest BCUT2D eigenvalue weighted by molar-refractivity contribution is -0.00737. The molecular weight excluding hydrogens is 130 g/mol. The number of aliphatic hydroxyl groups excluding tert-OH is 1. The van der Waals surface area contributed by atoms with Crippen LogP contribution in [0.1, 0.15) is 19.3 Å². The molecule has 1 saturated heterocycles. The van der Waals surface area contributed by atoms with Gasteiger partial charge in [0, 0.05) is 12.6 Å². The Labute approximate surface area is 61.2 Å². The topological polar surface area (TPSA) is 55.5 Å². The molecule has 3 nitrogen and oxygen atoms in total. The average molecular weight is 145 g/mol. The minimum atomic E-state index is 0.218. The highest BCUT2D eigenvalue weighted by Gasteiger charge is 2.17. The van der Waals surface area contributed by atoms with Crippen molar-refractivity contribution < 1.29 is 9.84 Å². The van der Waals surface area contributed by atoms with Crippen LogP contribution in [0.3, 0.4) is 0 Å². The van der Waals surface area contributed by atoms with Crippen LogP contribution in [-0.2, 0) is 4.74 Å². The first-order chi connectivity index (χ1) is 4.83. The Balaban J connectivity index is 2.13. The molecule has 0 saturated carbocycles. The van der Waals surface area contributed by atoms with Gasteiger partial charge >= 0.3 is 0 Å². The van der Waals surface area contributed by atoms with E-state index >= 15 is 0 Å². The molecule has 0 aromatic heterocycles. The Kier molecular flexibility index (Phi) is 3.12. The molecular formula is C7H15NO2. The van der Waals surface area contributed by atoms with Gasteiger partial charge in [-0.15, -0.1) is 0 Å². The van der Waals surface area contributed by atoms with E-state index in [2.05, 4.69) is 0 Å². The van der Waals surface area contributed by atoms with Crippen LogP contribution in [-0.4, -0.2) is 30.5 Å². The molecule has 1 aliphatic rings. The van der Waals surface area contributed by atoms with Crippen molar-refractivity contribution >= 4 is 0 Å². The van der Waals surface area contributed by atoms with E-state index in [1.165, 1.54) is 0 Å². The van der Waals surface area contributed by atoms with Crippen LogP contribution in [0.15, 0.2) is 0 Å². The van der Waals surface area contributed by atoms with Gasteiger partial charge in [0.05, 0.1) is 12.7 Å². The average Bonchev–Trinajstić information content (AvgIpc) is 1.95. The second kappa shape index (κ2) is 3.91. The predicted octanol–water partition coefficient (Wildman–Crippen LogP) is -0.125. The second-order valence-corrected chi connectivity index (χ2v) is 2.81. The molecule has 0 amide bonds. The lowest BCUT2D eigenvalue weighted by Gasteiger charge is -2.26. The normalized spacial score (nSPS) is 34.2. The molecule has 60 valence electrons. The number of hydrogen-bond acceptors (Lipinski definition) is 3. The summed E-state index contributed by atoms with van der Waals surface area (Å²) in [5.41, 5.74) is 5.61. The summed E-state index contributed by atoms with van der Waals surface area (Å²) in [7, 11) is 0. The molecule has 1 heterocycles. The molecule has 2 atom stereocenters. The van der Waals surface area contributed by atoms with Crippen molar-refractivity contribution in [3.05, 3.63) is 0 Å². The zero-order valence-electron chi connectivity index (χ0n) is 6.12. The van der Waals surface area contributed by atoms with E-state index in [1.807, 2.05) is 0 Å². The van der Waals surface area contributed by atoms with Crippen LogP contribution in [0.25, 0.3) is 0 Å². The highest BCUT2D eigenvalue weighted by Crippen LogP contribution is 2.14. The first kappa shape index (κ1) is 7.98. The highest BCUT2D eigenvalue weighted by molar-refractivity contribution is 4.71. The van der Waals surface area contributed by atoms with E-state index < -0.39 is 0 Å². The Morgan fingerprint density at radius 2 is 2.30 bits per heavy atom. The van der Waals surface area contributed by atoms with Gasteiger partial charge in [0.15, 0.2) is 0 Å². The summed E-state index contributed by atoms with van der Waals surface area (Å²) < 4.78 is 5.35. The minimum Gasteiger partial charge on any atom is -0.396 e. The van der Waals surface area contributed by atoms with Crippen LogP contribution in [0.5, 0.6) is 0 Å². The van der Waals surface area contributed by atoms with Crippen molar-refractivity contribution in [3.8, 4) is 0 Å². The first-order valence-electron chi connectivity index (χ1n) is 3.81. The van der Waals surface area contributed by atoms with Gasteiger partial charge in [-0.05, 0) is 19.3 Å². The van der Waals surface area contributed by atoms with E-state index in [-0.39, 0.29) is 18.8 Å². The SMILES string of the molecule is N[C@@H]1CC[C@@H](CCO)OC1. The van der Waals surface area contributed by atoms with Crippen molar-refractivity contribution in [2.75, 3.05) is 13.2 Å². The molecule has 1 rings (SSSR count). The maximum absolute atomic E-state index is 8.57. The largest absolute Gasteiger partial charge is 0.396 e. The third kappa shape index (κ3) is 2.25. The summed E-state index contributed by atoms with van der Waals surface area (Å²) in [5, 5.41) is 8.57. The summed E-state index contributed by atoms with van der Waals surface area (Å²) in [6, 6.07) is 0.218. The number of aliphatic hydroxyl groups is 1. The van der Waals surface area contributed by atoms with Gasteiger partial charge < -0.3 is 15.6 Å². The Bertz CT molecular complexity index is 89.6. The van der Waals surface area contributed by atoms with E-state index in [9.17, 15) is 0 Å². The van der Waals surface area contributed by atoms with Gasteiger partial charge in [0.1, 0.15) is 0 Å². The fraction of sp³-hybridized carbons (Fsp3) is 1.00. The fourth-order valence-corrected chi connectivity index (χ4v) is 1.20. The van der Waals surface area contributed by atoms with E-state index in [0.29, 0.717) is 6.61 Å². The maximum Gasteiger partial charge on any atom is 0.0621 e.